The summed E-state index contributed by atoms with van der Waals surface area (Å²) in [6, 6.07) is 11.9. The quantitative estimate of drug-likeness (QED) is 0.812. The first-order valence-corrected chi connectivity index (χ1v) is 7.09. The van der Waals surface area contributed by atoms with Crippen molar-refractivity contribution in [2.24, 2.45) is 0 Å². The molecule has 5 heteroatoms. The summed E-state index contributed by atoms with van der Waals surface area (Å²) in [6.07, 6.45) is 1.75. The van der Waals surface area contributed by atoms with E-state index in [2.05, 4.69) is 0 Å². The lowest BCUT2D eigenvalue weighted by molar-refractivity contribution is -0.140. The number of para-hydroxylation sites is 1. The second-order valence-corrected chi connectivity index (χ2v) is 5.04. The number of ether oxygens (including phenoxy) is 3. The van der Waals surface area contributed by atoms with E-state index in [0.29, 0.717) is 11.1 Å². The van der Waals surface area contributed by atoms with E-state index in [1.807, 2.05) is 24.3 Å². The van der Waals surface area contributed by atoms with Crippen LogP contribution in [0.25, 0.3) is 6.08 Å². The molecule has 0 radical (unpaired) electrons. The van der Waals surface area contributed by atoms with Crippen LogP contribution in [0.4, 0.5) is 4.39 Å². The standard InChI is InChI=1S/C18H15FO4/c1-21-17-7-6-12(8-15(17)19)10-23-18(20)14-9-13-4-2-3-5-16(13)22-11-14/h2-9H,10-11H2,1H3. The molecule has 0 bridgehead atoms. The van der Waals surface area contributed by atoms with E-state index in [1.165, 1.54) is 19.2 Å². The van der Waals surface area contributed by atoms with Crippen LogP contribution < -0.4 is 9.47 Å². The largest absolute Gasteiger partial charge is 0.494 e. The molecule has 23 heavy (non-hydrogen) atoms. The van der Waals surface area contributed by atoms with Gasteiger partial charge in [0.1, 0.15) is 19.0 Å². The highest BCUT2D eigenvalue weighted by atomic mass is 19.1. The van der Waals surface area contributed by atoms with Crippen molar-refractivity contribution in [3.05, 3.63) is 65.0 Å². The van der Waals surface area contributed by atoms with Crippen LogP contribution in [0, 0.1) is 5.82 Å². The number of halogens is 1. The number of hydrogen-bond acceptors (Lipinski definition) is 4. The Morgan fingerprint density at radius 2 is 2.09 bits per heavy atom. The molecule has 0 unspecified atom stereocenters. The van der Waals surface area contributed by atoms with Gasteiger partial charge in [0.2, 0.25) is 0 Å². The van der Waals surface area contributed by atoms with E-state index in [0.717, 1.165) is 11.3 Å². The maximum Gasteiger partial charge on any atom is 0.337 e. The van der Waals surface area contributed by atoms with Gasteiger partial charge in [-0.1, -0.05) is 24.3 Å². The summed E-state index contributed by atoms with van der Waals surface area (Å²) in [7, 11) is 1.39. The Balaban J connectivity index is 1.66. The first-order valence-electron chi connectivity index (χ1n) is 7.09. The fourth-order valence-corrected chi connectivity index (χ4v) is 2.28. The van der Waals surface area contributed by atoms with Crippen LogP contribution in [0.5, 0.6) is 11.5 Å². The van der Waals surface area contributed by atoms with Gasteiger partial charge >= 0.3 is 5.97 Å². The van der Waals surface area contributed by atoms with Gasteiger partial charge in [-0.05, 0) is 29.8 Å². The van der Waals surface area contributed by atoms with Crippen LogP contribution in [0.2, 0.25) is 0 Å². The van der Waals surface area contributed by atoms with Crippen LogP contribution in [0.15, 0.2) is 48.0 Å². The number of benzene rings is 2. The van der Waals surface area contributed by atoms with Crippen molar-refractivity contribution in [2.45, 2.75) is 6.61 Å². The molecule has 2 aromatic carbocycles. The lowest BCUT2D eigenvalue weighted by atomic mass is 10.1. The van der Waals surface area contributed by atoms with E-state index in [1.54, 1.807) is 12.1 Å². The van der Waals surface area contributed by atoms with E-state index >= 15 is 0 Å². The molecule has 118 valence electrons. The highest BCUT2D eigenvalue weighted by molar-refractivity contribution is 5.95. The summed E-state index contributed by atoms with van der Waals surface area (Å²) in [5.74, 6) is -0.0766. The summed E-state index contributed by atoms with van der Waals surface area (Å²) in [6.45, 7) is 0.144. The van der Waals surface area contributed by atoms with Crippen LogP contribution in [0.1, 0.15) is 11.1 Å². The van der Waals surface area contributed by atoms with E-state index in [4.69, 9.17) is 14.2 Å². The number of fused-ring (bicyclic) bond motifs is 1. The Hall–Kier alpha value is -2.82. The molecular formula is C18H15FO4. The Morgan fingerprint density at radius 1 is 1.26 bits per heavy atom. The molecule has 0 aromatic heterocycles. The lowest BCUT2D eigenvalue weighted by Gasteiger charge is -2.17. The number of carbonyl (C=O) groups is 1. The summed E-state index contributed by atoms with van der Waals surface area (Å²) < 4.78 is 29.2. The topological polar surface area (TPSA) is 44.8 Å². The molecule has 0 amide bonds. The molecule has 0 saturated heterocycles. The number of rotatable bonds is 4. The van der Waals surface area contributed by atoms with Crippen molar-refractivity contribution in [3.8, 4) is 11.5 Å². The van der Waals surface area contributed by atoms with E-state index in [-0.39, 0.29) is 19.0 Å². The van der Waals surface area contributed by atoms with Crippen molar-refractivity contribution in [3.63, 3.8) is 0 Å². The minimum absolute atomic E-state index is 0.0151. The first-order chi connectivity index (χ1) is 11.2. The summed E-state index contributed by atoms with van der Waals surface area (Å²) >= 11 is 0. The average Bonchev–Trinajstić information content (AvgIpc) is 2.59. The molecular weight excluding hydrogens is 299 g/mol. The van der Waals surface area contributed by atoms with Crippen molar-refractivity contribution >= 4 is 12.0 Å². The SMILES string of the molecule is COc1ccc(COC(=O)C2=Cc3ccccc3OC2)cc1F. The monoisotopic (exact) mass is 314 g/mol. The highest BCUT2D eigenvalue weighted by Gasteiger charge is 2.18. The Labute approximate surface area is 133 Å². The maximum atomic E-state index is 13.6. The van der Waals surface area contributed by atoms with E-state index < -0.39 is 11.8 Å². The predicted molar refractivity (Wildman–Crippen MR) is 82.7 cm³/mol. The normalized spacial score (nSPS) is 12.7. The first kappa shape index (κ1) is 15.1. The van der Waals surface area contributed by atoms with Crippen LogP contribution >= 0.6 is 0 Å². The fourth-order valence-electron chi connectivity index (χ4n) is 2.28. The van der Waals surface area contributed by atoms with Crippen LogP contribution in [-0.4, -0.2) is 19.7 Å². The number of methoxy groups -OCH3 is 1. The number of esters is 1. The molecule has 1 aliphatic heterocycles. The van der Waals surface area contributed by atoms with Gasteiger partial charge < -0.3 is 14.2 Å². The van der Waals surface area contributed by atoms with Gasteiger partial charge in [-0.25, -0.2) is 9.18 Å². The van der Waals surface area contributed by atoms with Crippen LogP contribution in [-0.2, 0) is 16.1 Å². The number of hydrogen-bond donors (Lipinski definition) is 0. The molecule has 4 nitrogen and oxygen atoms in total. The summed E-state index contributed by atoms with van der Waals surface area (Å²) in [5.41, 5.74) is 1.81. The third kappa shape index (κ3) is 3.34. The Kier molecular flexibility index (Phi) is 4.28. The third-order valence-corrected chi connectivity index (χ3v) is 3.48. The van der Waals surface area contributed by atoms with Gasteiger partial charge in [-0.2, -0.15) is 0 Å². The van der Waals surface area contributed by atoms with Gasteiger partial charge in [-0.15, -0.1) is 0 Å². The van der Waals surface area contributed by atoms with Crippen molar-refractivity contribution in [1.82, 2.24) is 0 Å². The molecule has 0 fully saturated rings. The molecule has 0 aliphatic carbocycles. The van der Waals surface area contributed by atoms with Gasteiger partial charge in [0, 0.05) is 5.56 Å². The molecule has 2 aromatic rings. The fraction of sp³-hybridized carbons (Fsp3) is 0.167. The summed E-state index contributed by atoms with van der Waals surface area (Å²) in [5, 5.41) is 0. The minimum Gasteiger partial charge on any atom is -0.494 e. The second-order valence-electron chi connectivity index (χ2n) is 5.04. The molecule has 1 aliphatic rings. The van der Waals surface area contributed by atoms with Gasteiger partial charge in [0.25, 0.3) is 0 Å². The summed E-state index contributed by atoms with van der Waals surface area (Å²) in [4.78, 5) is 12.1. The maximum absolute atomic E-state index is 13.6. The van der Waals surface area contributed by atoms with Gasteiger partial charge in [0.15, 0.2) is 11.6 Å². The van der Waals surface area contributed by atoms with Crippen LogP contribution in [0.3, 0.4) is 0 Å². The predicted octanol–water partition coefficient (Wildman–Crippen LogP) is 3.35. The highest BCUT2D eigenvalue weighted by Crippen LogP contribution is 2.26. The Bertz CT molecular complexity index is 767. The third-order valence-electron chi connectivity index (χ3n) is 3.48. The van der Waals surface area contributed by atoms with E-state index in [9.17, 15) is 9.18 Å². The van der Waals surface area contributed by atoms with Crippen molar-refractivity contribution < 1.29 is 23.4 Å². The molecule has 0 N–H and O–H groups in total. The molecule has 1 heterocycles. The zero-order valence-electron chi connectivity index (χ0n) is 12.5. The molecule has 0 saturated carbocycles. The zero-order chi connectivity index (χ0) is 16.2. The lowest BCUT2D eigenvalue weighted by Crippen LogP contribution is -2.17. The molecule has 0 atom stereocenters. The zero-order valence-corrected chi connectivity index (χ0v) is 12.5. The van der Waals surface area contributed by atoms with Crippen molar-refractivity contribution in [2.75, 3.05) is 13.7 Å². The molecule has 3 rings (SSSR count). The second kappa shape index (κ2) is 6.52. The van der Waals surface area contributed by atoms with Gasteiger partial charge in [0.05, 0.1) is 12.7 Å². The van der Waals surface area contributed by atoms with Crippen molar-refractivity contribution in [1.29, 1.82) is 0 Å². The minimum atomic E-state index is -0.491. The number of carbonyl (C=O) groups excluding carboxylic acids is 1. The smallest absolute Gasteiger partial charge is 0.337 e. The van der Waals surface area contributed by atoms with Gasteiger partial charge in [-0.3, -0.25) is 0 Å². The Morgan fingerprint density at radius 3 is 2.87 bits per heavy atom. The molecule has 0 spiro atoms. The average molecular weight is 314 g/mol.